The average molecular weight is 425 g/mol. The van der Waals surface area contributed by atoms with Crippen molar-refractivity contribution in [2.24, 2.45) is 5.92 Å². The first-order chi connectivity index (χ1) is 9.61. The van der Waals surface area contributed by atoms with Gasteiger partial charge in [0, 0.05) is 15.4 Å². The first-order valence-electron chi connectivity index (χ1n) is 7.28. The van der Waals surface area contributed by atoms with Crippen molar-refractivity contribution in [3.63, 3.8) is 0 Å². The molecule has 20 heavy (non-hydrogen) atoms. The van der Waals surface area contributed by atoms with E-state index in [0.717, 1.165) is 33.1 Å². The van der Waals surface area contributed by atoms with E-state index < -0.39 is 0 Å². The number of alkyl halides is 1. The quantitative estimate of drug-likeness (QED) is 0.467. The van der Waals surface area contributed by atoms with Gasteiger partial charge >= 0.3 is 0 Å². The Morgan fingerprint density at radius 3 is 2.65 bits per heavy atom. The SMILES string of the molecule is COc1c(Br)cc(Cl)cc1C(Br)CCC1CCCCC1. The van der Waals surface area contributed by atoms with Crippen molar-refractivity contribution in [3.8, 4) is 5.75 Å². The summed E-state index contributed by atoms with van der Waals surface area (Å²) in [5, 5.41) is 0.745. The molecule has 0 radical (unpaired) electrons. The van der Waals surface area contributed by atoms with Gasteiger partial charge in [-0.15, -0.1) is 0 Å². The Hall–Kier alpha value is 0.270. The van der Waals surface area contributed by atoms with E-state index in [0.29, 0.717) is 4.83 Å². The third kappa shape index (κ3) is 4.38. The zero-order chi connectivity index (χ0) is 14.5. The minimum atomic E-state index is 0.300. The van der Waals surface area contributed by atoms with Crippen LogP contribution in [0.25, 0.3) is 0 Å². The summed E-state index contributed by atoms with van der Waals surface area (Å²) in [7, 11) is 1.71. The molecule has 1 atom stereocenters. The number of ether oxygens (including phenoxy) is 1. The summed E-state index contributed by atoms with van der Waals surface area (Å²) >= 11 is 13.5. The van der Waals surface area contributed by atoms with E-state index in [1.165, 1.54) is 38.5 Å². The highest BCUT2D eigenvalue weighted by molar-refractivity contribution is 9.10. The van der Waals surface area contributed by atoms with Crippen molar-refractivity contribution in [2.45, 2.75) is 49.8 Å². The summed E-state index contributed by atoms with van der Waals surface area (Å²) in [5.74, 6) is 1.79. The van der Waals surface area contributed by atoms with Crippen LogP contribution in [0.3, 0.4) is 0 Å². The Balaban J connectivity index is 2.02. The highest BCUT2D eigenvalue weighted by atomic mass is 79.9. The normalized spacial score (nSPS) is 18.0. The topological polar surface area (TPSA) is 9.23 Å². The summed E-state index contributed by atoms with van der Waals surface area (Å²) in [4.78, 5) is 0.300. The fourth-order valence-electron chi connectivity index (χ4n) is 3.04. The van der Waals surface area contributed by atoms with Gasteiger partial charge in [0.25, 0.3) is 0 Å². The van der Waals surface area contributed by atoms with E-state index in [1.807, 2.05) is 12.1 Å². The summed E-state index contributed by atoms with van der Waals surface area (Å²) in [6.45, 7) is 0. The maximum absolute atomic E-state index is 6.17. The molecule has 1 aliphatic rings. The van der Waals surface area contributed by atoms with Crippen LogP contribution >= 0.6 is 43.5 Å². The molecule has 1 unspecified atom stereocenters. The molecule has 2 rings (SSSR count). The van der Waals surface area contributed by atoms with Gasteiger partial charge in [0.1, 0.15) is 5.75 Å². The van der Waals surface area contributed by atoms with Crippen molar-refractivity contribution in [3.05, 3.63) is 27.2 Å². The van der Waals surface area contributed by atoms with Gasteiger partial charge in [0.15, 0.2) is 0 Å². The summed E-state index contributed by atoms with van der Waals surface area (Å²) < 4.78 is 6.43. The maximum atomic E-state index is 6.17. The van der Waals surface area contributed by atoms with Gasteiger partial charge in [-0.3, -0.25) is 0 Å². The van der Waals surface area contributed by atoms with Gasteiger partial charge < -0.3 is 4.74 Å². The molecule has 1 nitrogen and oxygen atoms in total. The van der Waals surface area contributed by atoms with Crippen LogP contribution in [-0.2, 0) is 0 Å². The number of rotatable bonds is 5. The van der Waals surface area contributed by atoms with Crippen LogP contribution in [0.4, 0.5) is 0 Å². The lowest BCUT2D eigenvalue weighted by molar-refractivity contribution is 0.331. The molecule has 0 bridgehead atoms. The molecule has 112 valence electrons. The van der Waals surface area contributed by atoms with Gasteiger partial charge in [-0.2, -0.15) is 0 Å². The molecule has 0 saturated heterocycles. The summed E-state index contributed by atoms with van der Waals surface area (Å²) in [5.41, 5.74) is 1.14. The van der Waals surface area contributed by atoms with Crippen LogP contribution < -0.4 is 4.74 Å². The second-order valence-corrected chi connectivity index (χ2v) is 7.96. The van der Waals surface area contributed by atoms with E-state index in [-0.39, 0.29) is 0 Å². The smallest absolute Gasteiger partial charge is 0.137 e. The first-order valence-corrected chi connectivity index (χ1v) is 9.37. The standard InChI is InChI=1S/C16H21Br2ClO/c1-20-16-13(9-12(19)10-15(16)18)14(17)8-7-11-5-3-2-4-6-11/h9-11,14H,2-8H2,1H3. The lowest BCUT2D eigenvalue weighted by Gasteiger charge is -2.23. The maximum Gasteiger partial charge on any atom is 0.137 e. The van der Waals surface area contributed by atoms with Crippen molar-refractivity contribution < 1.29 is 4.74 Å². The fourth-order valence-corrected chi connectivity index (χ4v) is 4.64. The van der Waals surface area contributed by atoms with Gasteiger partial charge in [0.2, 0.25) is 0 Å². The molecular weight excluding hydrogens is 403 g/mol. The molecule has 0 amide bonds. The molecule has 0 aromatic heterocycles. The van der Waals surface area contributed by atoms with E-state index in [1.54, 1.807) is 7.11 Å². The van der Waals surface area contributed by atoms with E-state index in [4.69, 9.17) is 16.3 Å². The van der Waals surface area contributed by atoms with E-state index in [9.17, 15) is 0 Å². The van der Waals surface area contributed by atoms with Crippen LogP contribution in [0.15, 0.2) is 16.6 Å². The Morgan fingerprint density at radius 2 is 2.00 bits per heavy atom. The fraction of sp³-hybridized carbons (Fsp3) is 0.625. The lowest BCUT2D eigenvalue weighted by Crippen LogP contribution is -2.07. The highest BCUT2D eigenvalue weighted by Crippen LogP contribution is 2.42. The molecule has 1 aromatic carbocycles. The second-order valence-electron chi connectivity index (χ2n) is 5.56. The molecule has 1 aliphatic carbocycles. The first kappa shape index (κ1) is 16.6. The lowest BCUT2D eigenvalue weighted by atomic mass is 9.85. The Morgan fingerprint density at radius 1 is 1.30 bits per heavy atom. The van der Waals surface area contributed by atoms with Gasteiger partial charge in [-0.1, -0.05) is 59.6 Å². The van der Waals surface area contributed by atoms with Crippen molar-refractivity contribution >= 4 is 43.5 Å². The van der Waals surface area contributed by atoms with E-state index >= 15 is 0 Å². The summed E-state index contributed by atoms with van der Waals surface area (Å²) in [6, 6.07) is 3.89. The zero-order valence-electron chi connectivity index (χ0n) is 11.8. The zero-order valence-corrected chi connectivity index (χ0v) is 15.7. The number of halogens is 3. The Labute approximate surface area is 143 Å². The van der Waals surface area contributed by atoms with Crippen LogP contribution in [0.1, 0.15) is 55.3 Å². The minimum Gasteiger partial charge on any atom is -0.495 e. The highest BCUT2D eigenvalue weighted by Gasteiger charge is 2.19. The molecule has 0 N–H and O–H groups in total. The van der Waals surface area contributed by atoms with Crippen LogP contribution in [-0.4, -0.2) is 7.11 Å². The minimum absolute atomic E-state index is 0.300. The number of methoxy groups -OCH3 is 1. The molecule has 1 aromatic rings. The predicted octanol–water partition coefficient (Wildman–Crippen LogP) is 6.91. The number of benzene rings is 1. The molecule has 0 aliphatic heterocycles. The van der Waals surface area contributed by atoms with Crippen LogP contribution in [0.5, 0.6) is 5.75 Å². The summed E-state index contributed by atoms with van der Waals surface area (Å²) in [6.07, 6.45) is 9.44. The average Bonchev–Trinajstić information content (AvgIpc) is 2.45. The number of hydrogen-bond donors (Lipinski definition) is 0. The molecule has 0 spiro atoms. The van der Waals surface area contributed by atoms with Crippen molar-refractivity contribution in [1.29, 1.82) is 0 Å². The Kier molecular flexibility index (Phi) is 6.70. The molecular formula is C16H21Br2ClO. The van der Waals surface area contributed by atoms with Gasteiger partial charge in [-0.25, -0.2) is 0 Å². The largest absolute Gasteiger partial charge is 0.495 e. The third-order valence-corrected chi connectivity index (χ3v) is 5.89. The third-order valence-electron chi connectivity index (χ3n) is 4.13. The van der Waals surface area contributed by atoms with Crippen LogP contribution in [0, 0.1) is 5.92 Å². The Bertz CT molecular complexity index is 444. The number of hydrogen-bond acceptors (Lipinski definition) is 1. The second kappa shape index (κ2) is 8.05. The van der Waals surface area contributed by atoms with Crippen LogP contribution in [0.2, 0.25) is 5.02 Å². The monoisotopic (exact) mass is 422 g/mol. The molecule has 1 fully saturated rings. The van der Waals surface area contributed by atoms with E-state index in [2.05, 4.69) is 31.9 Å². The van der Waals surface area contributed by atoms with Gasteiger partial charge in [-0.05, 0) is 46.8 Å². The predicted molar refractivity (Wildman–Crippen MR) is 93.2 cm³/mol. The molecule has 1 saturated carbocycles. The molecule has 0 heterocycles. The van der Waals surface area contributed by atoms with Gasteiger partial charge in [0.05, 0.1) is 11.6 Å². The molecule has 4 heteroatoms. The van der Waals surface area contributed by atoms with Crippen molar-refractivity contribution in [1.82, 2.24) is 0 Å². The van der Waals surface area contributed by atoms with Crippen molar-refractivity contribution in [2.75, 3.05) is 7.11 Å².